The zero-order valence-corrected chi connectivity index (χ0v) is 14.8. The number of fused-ring (bicyclic) bond motifs is 1. The Labute approximate surface area is 149 Å². The zero-order chi connectivity index (χ0) is 14.7. The Morgan fingerprint density at radius 2 is 1.96 bits per heavy atom. The molecule has 1 aromatic heterocycles. The second kappa shape index (κ2) is 9.06. The molecule has 4 nitrogen and oxygen atoms in total. The molecular formula is C17H23Cl2N3O. The number of carbonyl (C=O) groups excluding carboxylic acids is 1. The lowest BCUT2D eigenvalue weighted by Crippen LogP contribution is -2.27. The highest BCUT2D eigenvalue weighted by Gasteiger charge is 2.26. The molecule has 1 saturated carbocycles. The number of carbonyl (C=O) groups is 1. The topological polar surface area (TPSA) is 54.0 Å². The number of hydrogen-bond donors (Lipinski definition) is 2. The van der Waals surface area contributed by atoms with Gasteiger partial charge in [0, 0.05) is 23.5 Å². The van der Waals surface area contributed by atoms with E-state index in [1.807, 2.05) is 37.4 Å². The first-order valence-electron chi connectivity index (χ1n) is 7.62. The van der Waals surface area contributed by atoms with E-state index in [9.17, 15) is 4.79 Å². The largest absolute Gasteiger partial charge is 0.352 e. The zero-order valence-electron chi connectivity index (χ0n) is 13.2. The van der Waals surface area contributed by atoms with Crippen LogP contribution in [0.5, 0.6) is 0 Å². The molecule has 2 N–H and O–H groups in total. The fraction of sp³-hybridized carbons (Fsp3) is 0.412. The van der Waals surface area contributed by atoms with Gasteiger partial charge in [0.05, 0.1) is 11.1 Å². The Morgan fingerprint density at radius 1 is 1.22 bits per heavy atom. The molecule has 1 fully saturated rings. The molecule has 0 radical (unpaired) electrons. The first-order chi connectivity index (χ1) is 10.3. The number of para-hydroxylation sites is 1. The molecule has 0 spiro atoms. The van der Waals surface area contributed by atoms with Crippen LogP contribution >= 0.6 is 24.8 Å². The van der Waals surface area contributed by atoms with Crippen LogP contribution in [0.1, 0.15) is 41.2 Å². The van der Waals surface area contributed by atoms with Gasteiger partial charge in [-0.05, 0) is 45.0 Å². The van der Waals surface area contributed by atoms with Crippen molar-refractivity contribution in [3.63, 3.8) is 0 Å². The van der Waals surface area contributed by atoms with E-state index in [1.165, 1.54) is 12.8 Å². The molecule has 0 bridgehead atoms. The number of aromatic nitrogens is 1. The van der Waals surface area contributed by atoms with Crippen LogP contribution in [-0.2, 0) is 0 Å². The van der Waals surface area contributed by atoms with Crippen LogP contribution in [0.2, 0.25) is 0 Å². The summed E-state index contributed by atoms with van der Waals surface area (Å²) in [5.41, 5.74) is 2.74. The lowest BCUT2D eigenvalue weighted by Gasteiger charge is -2.10. The molecule has 1 heterocycles. The standard InChI is InChI=1S/C17H21N3O.2ClH/c1-18-9-4-10-19-17(21)14-11-16(12-7-8-12)20-15-6-3-2-5-13(14)15;;/h2-3,5-6,11-12,18H,4,7-10H2,1H3,(H,19,21);2*1H. The van der Waals surface area contributed by atoms with E-state index in [0.29, 0.717) is 12.5 Å². The van der Waals surface area contributed by atoms with Crippen molar-refractivity contribution in [1.29, 1.82) is 0 Å². The van der Waals surface area contributed by atoms with Gasteiger partial charge in [-0.3, -0.25) is 9.78 Å². The van der Waals surface area contributed by atoms with Gasteiger partial charge in [0.1, 0.15) is 0 Å². The van der Waals surface area contributed by atoms with Gasteiger partial charge in [-0.2, -0.15) is 0 Å². The second-order valence-electron chi connectivity index (χ2n) is 5.60. The Balaban J connectivity index is 0.00000132. The highest BCUT2D eigenvalue weighted by atomic mass is 35.5. The average molecular weight is 356 g/mol. The number of rotatable bonds is 6. The molecule has 126 valence electrons. The van der Waals surface area contributed by atoms with Crippen molar-refractivity contribution in [3.05, 3.63) is 41.6 Å². The quantitative estimate of drug-likeness (QED) is 0.781. The van der Waals surface area contributed by atoms with Crippen molar-refractivity contribution in [2.24, 2.45) is 0 Å². The van der Waals surface area contributed by atoms with Crippen LogP contribution < -0.4 is 10.6 Å². The molecule has 6 heteroatoms. The normalized spacial score (nSPS) is 13.1. The van der Waals surface area contributed by atoms with Crippen molar-refractivity contribution in [2.45, 2.75) is 25.2 Å². The maximum atomic E-state index is 12.5. The Bertz CT molecular complexity index is 659. The molecule has 2 aromatic rings. The van der Waals surface area contributed by atoms with Gasteiger partial charge in [0.15, 0.2) is 0 Å². The van der Waals surface area contributed by atoms with Crippen LogP contribution in [0.15, 0.2) is 30.3 Å². The fourth-order valence-electron chi connectivity index (χ4n) is 2.53. The molecule has 0 aliphatic heterocycles. The van der Waals surface area contributed by atoms with Gasteiger partial charge in [0.2, 0.25) is 0 Å². The van der Waals surface area contributed by atoms with E-state index in [1.54, 1.807) is 0 Å². The van der Waals surface area contributed by atoms with Crippen molar-refractivity contribution in [1.82, 2.24) is 15.6 Å². The summed E-state index contributed by atoms with van der Waals surface area (Å²) >= 11 is 0. The molecule has 1 aliphatic rings. The molecule has 3 rings (SSSR count). The Morgan fingerprint density at radius 3 is 2.65 bits per heavy atom. The first kappa shape index (κ1) is 19.7. The van der Waals surface area contributed by atoms with Gasteiger partial charge in [0.25, 0.3) is 5.91 Å². The maximum absolute atomic E-state index is 12.5. The number of nitrogens with zero attached hydrogens (tertiary/aromatic N) is 1. The number of nitrogens with one attached hydrogen (secondary N) is 2. The number of halogens is 2. The van der Waals surface area contributed by atoms with Crippen LogP contribution in [0.25, 0.3) is 10.9 Å². The van der Waals surface area contributed by atoms with Crippen LogP contribution in [0, 0.1) is 0 Å². The van der Waals surface area contributed by atoms with Gasteiger partial charge >= 0.3 is 0 Å². The number of hydrogen-bond acceptors (Lipinski definition) is 3. The minimum Gasteiger partial charge on any atom is -0.352 e. The lowest BCUT2D eigenvalue weighted by atomic mass is 10.1. The molecule has 0 unspecified atom stereocenters. The summed E-state index contributed by atoms with van der Waals surface area (Å²) in [6, 6.07) is 9.87. The fourth-order valence-corrected chi connectivity index (χ4v) is 2.53. The molecule has 23 heavy (non-hydrogen) atoms. The van der Waals surface area contributed by atoms with Crippen molar-refractivity contribution >= 4 is 41.6 Å². The lowest BCUT2D eigenvalue weighted by molar-refractivity contribution is 0.0955. The third-order valence-corrected chi connectivity index (χ3v) is 3.87. The molecule has 1 amide bonds. The molecule has 1 aliphatic carbocycles. The van der Waals surface area contributed by atoms with Crippen molar-refractivity contribution in [2.75, 3.05) is 20.1 Å². The monoisotopic (exact) mass is 355 g/mol. The Kier molecular flexibility index (Phi) is 7.76. The number of amides is 1. The minimum atomic E-state index is 0. The smallest absolute Gasteiger partial charge is 0.252 e. The van der Waals surface area contributed by atoms with Crippen molar-refractivity contribution in [3.8, 4) is 0 Å². The van der Waals surface area contributed by atoms with Crippen molar-refractivity contribution < 1.29 is 4.79 Å². The molecule has 0 saturated heterocycles. The van der Waals surface area contributed by atoms with E-state index >= 15 is 0 Å². The summed E-state index contributed by atoms with van der Waals surface area (Å²) in [7, 11) is 1.92. The molecule has 1 aromatic carbocycles. The van der Waals surface area contributed by atoms with Gasteiger partial charge in [-0.15, -0.1) is 24.8 Å². The number of pyridine rings is 1. The molecular weight excluding hydrogens is 333 g/mol. The van der Waals surface area contributed by atoms with E-state index in [-0.39, 0.29) is 30.7 Å². The summed E-state index contributed by atoms with van der Waals surface area (Å²) < 4.78 is 0. The maximum Gasteiger partial charge on any atom is 0.252 e. The first-order valence-corrected chi connectivity index (χ1v) is 7.62. The summed E-state index contributed by atoms with van der Waals surface area (Å²) in [6.07, 6.45) is 3.31. The van der Waals surface area contributed by atoms with E-state index < -0.39 is 0 Å². The van der Waals surface area contributed by atoms with Gasteiger partial charge < -0.3 is 10.6 Å². The second-order valence-corrected chi connectivity index (χ2v) is 5.60. The summed E-state index contributed by atoms with van der Waals surface area (Å²) in [6.45, 7) is 1.60. The summed E-state index contributed by atoms with van der Waals surface area (Å²) in [5, 5.41) is 7.03. The predicted molar refractivity (Wildman–Crippen MR) is 99.1 cm³/mol. The predicted octanol–water partition coefficient (Wildman–Crippen LogP) is 3.30. The van der Waals surface area contributed by atoms with Crippen LogP contribution in [-0.4, -0.2) is 31.0 Å². The van der Waals surface area contributed by atoms with E-state index in [0.717, 1.165) is 35.1 Å². The third kappa shape index (κ3) is 4.80. The Hall–Kier alpha value is -1.36. The highest BCUT2D eigenvalue weighted by molar-refractivity contribution is 6.06. The van der Waals surface area contributed by atoms with Gasteiger partial charge in [-0.1, -0.05) is 18.2 Å². The molecule has 0 atom stereocenters. The van der Waals surface area contributed by atoms with Gasteiger partial charge in [-0.25, -0.2) is 0 Å². The van der Waals surface area contributed by atoms with E-state index in [2.05, 4.69) is 10.6 Å². The van der Waals surface area contributed by atoms with Crippen LogP contribution in [0.4, 0.5) is 0 Å². The summed E-state index contributed by atoms with van der Waals surface area (Å²) in [4.78, 5) is 17.2. The third-order valence-electron chi connectivity index (χ3n) is 3.87. The minimum absolute atomic E-state index is 0. The van der Waals surface area contributed by atoms with Crippen LogP contribution in [0.3, 0.4) is 0 Å². The van der Waals surface area contributed by atoms with E-state index in [4.69, 9.17) is 4.98 Å². The average Bonchev–Trinajstić information content (AvgIpc) is 3.35. The summed E-state index contributed by atoms with van der Waals surface area (Å²) in [5.74, 6) is 0.553. The highest BCUT2D eigenvalue weighted by Crippen LogP contribution is 2.40. The number of benzene rings is 1. The SMILES string of the molecule is CNCCCNC(=O)c1cc(C2CC2)nc2ccccc12.Cl.Cl.